The first kappa shape index (κ1) is 25.2. The van der Waals surface area contributed by atoms with E-state index in [0.29, 0.717) is 6.42 Å². The van der Waals surface area contributed by atoms with Crippen LogP contribution in [0.3, 0.4) is 0 Å². The first-order chi connectivity index (χ1) is 14.3. The van der Waals surface area contributed by atoms with Gasteiger partial charge < -0.3 is 4.74 Å². The Morgan fingerprint density at radius 3 is 1.79 bits per heavy atom. The van der Waals surface area contributed by atoms with E-state index in [-0.39, 0.29) is 12.1 Å². The Balaban J connectivity index is 1.87. The molecule has 2 nitrogen and oxygen atoms in total. The Morgan fingerprint density at radius 1 is 0.724 bits per heavy atom. The number of ether oxygens (including phenoxy) is 1. The fourth-order valence-electron chi connectivity index (χ4n) is 3.33. The zero-order valence-corrected chi connectivity index (χ0v) is 18.6. The molecule has 0 aromatic rings. The minimum absolute atomic E-state index is 0.00628. The predicted octanol–water partition coefficient (Wildman–Crippen LogP) is 8.17. The fraction of sp³-hybridized carbons (Fsp3) is 0.593. The summed E-state index contributed by atoms with van der Waals surface area (Å²) in [5, 5.41) is 0. The van der Waals surface area contributed by atoms with E-state index < -0.39 is 0 Å². The summed E-state index contributed by atoms with van der Waals surface area (Å²) in [6, 6.07) is 0. The number of hydrogen-bond acceptors (Lipinski definition) is 2. The maximum Gasteiger partial charge on any atom is 0.306 e. The molecule has 0 heterocycles. The van der Waals surface area contributed by atoms with Crippen molar-refractivity contribution in [3.63, 3.8) is 0 Å². The number of carbonyl (C=O) groups excluding carboxylic acids is 1. The molecule has 0 spiro atoms. The highest BCUT2D eigenvalue weighted by atomic mass is 16.5. The summed E-state index contributed by atoms with van der Waals surface area (Å²) in [5.41, 5.74) is 0. The molecule has 0 saturated heterocycles. The number of rotatable bonds is 16. The van der Waals surface area contributed by atoms with Crippen molar-refractivity contribution in [2.45, 2.75) is 103 Å². The molecule has 1 fully saturated rings. The average molecular weight is 399 g/mol. The summed E-state index contributed by atoms with van der Waals surface area (Å²) in [7, 11) is 0. The molecule has 0 aromatic carbocycles. The topological polar surface area (TPSA) is 26.3 Å². The van der Waals surface area contributed by atoms with Crippen LogP contribution >= 0.6 is 0 Å². The highest BCUT2D eigenvalue weighted by Crippen LogP contribution is 2.21. The van der Waals surface area contributed by atoms with Gasteiger partial charge in [0.05, 0.1) is 0 Å². The largest absolute Gasteiger partial charge is 0.462 e. The van der Waals surface area contributed by atoms with E-state index in [1.54, 1.807) is 0 Å². The molecule has 0 N–H and O–H groups in total. The predicted molar refractivity (Wildman–Crippen MR) is 126 cm³/mol. The van der Waals surface area contributed by atoms with Crippen molar-refractivity contribution < 1.29 is 9.53 Å². The fourth-order valence-corrected chi connectivity index (χ4v) is 3.33. The van der Waals surface area contributed by atoms with Gasteiger partial charge in [0, 0.05) is 6.42 Å². The second-order valence-corrected chi connectivity index (χ2v) is 7.70. The minimum Gasteiger partial charge on any atom is -0.462 e. The van der Waals surface area contributed by atoms with Gasteiger partial charge in [-0.25, -0.2) is 0 Å². The van der Waals surface area contributed by atoms with Gasteiger partial charge in [0.1, 0.15) is 6.10 Å². The van der Waals surface area contributed by atoms with E-state index in [1.807, 2.05) is 0 Å². The van der Waals surface area contributed by atoms with Crippen LogP contribution < -0.4 is 0 Å². The van der Waals surface area contributed by atoms with Gasteiger partial charge >= 0.3 is 5.97 Å². The highest BCUT2D eigenvalue weighted by molar-refractivity contribution is 5.69. The van der Waals surface area contributed by atoms with Crippen LogP contribution in [0, 0.1) is 0 Å². The smallest absolute Gasteiger partial charge is 0.306 e. The molecule has 1 rings (SSSR count). The Labute approximate surface area is 179 Å². The molecule has 162 valence electrons. The van der Waals surface area contributed by atoms with Crippen LogP contribution in [0.1, 0.15) is 96.8 Å². The van der Waals surface area contributed by atoms with Gasteiger partial charge in [0.2, 0.25) is 0 Å². The van der Waals surface area contributed by atoms with E-state index in [2.05, 4.69) is 67.7 Å². The number of carbonyl (C=O) groups is 1. The second kappa shape index (κ2) is 19.5. The molecule has 0 atom stereocenters. The van der Waals surface area contributed by atoms with Gasteiger partial charge in [-0.15, -0.1) is 0 Å². The van der Waals surface area contributed by atoms with Gasteiger partial charge in [-0.1, -0.05) is 74.1 Å². The number of hydrogen-bond donors (Lipinski definition) is 0. The SMILES string of the molecule is CC/C=C\C/C=C\C/C=C\C/C=C\C/C=C\CCCCCC(=O)OC1CCCC1. The summed E-state index contributed by atoms with van der Waals surface area (Å²) in [5.74, 6) is 0.00628. The molecule has 0 bridgehead atoms. The zero-order valence-electron chi connectivity index (χ0n) is 18.6. The Bertz CT molecular complexity index is 531. The van der Waals surface area contributed by atoms with Crippen molar-refractivity contribution in [1.82, 2.24) is 0 Å². The zero-order chi connectivity index (χ0) is 20.8. The number of unbranched alkanes of at least 4 members (excludes halogenated alkanes) is 3. The lowest BCUT2D eigenvalue weighted by Crippen LogP contribution is -2.14. The minimum atomic E-state index is 0.00628. The Morgan fingerprint density at radius 2 is 1.24 bits per heavy atom. The van der Waals surface area contributed by atoms with E-state index in [4.69, 9.17) is 4.74 Å². The average Bonchev–Trinajstić information content (AvgIpc) is 3.22. The van der Waals surface area contributed by atoms with Crippen molar-refractivity contribution in [2.75, 3.05) is 0 Å². The van der Waals surface area contributed by atoms with Crippen LogP contribution in [0.2, 0.25) is 0 Å². The third-order valence-corrected chi connectivity index (χ3v) is 5.01. The number of allylic oxidation sites excluding steroid dienone is 10. The first-order valence-electron chi connectivity index (χ1n) is 11.8. The third-order valence-electron chi connectivity index (χ3n) is 5.01. The van der Waals surface area contributed by atoms with Gasteiger partial charge in [0.15, 0.2) is 0 Å². The molecular weight excluding hydrogens is 356 g/mol. The summed E-state index contributed by atoms with van der Waals surface area (Å²) in [6.45, 7) is 2.16. The molecular formula is C27H42O2. The molecule has 2 heteroatoms. The molecule has 0 aromatic heterocycles. The Hall–Kier alpha value is -1.83. The van der Waals surface area contributed by atoms with Crippen LogP contribution in [0.4, 0.5) is 0 Å². The van der Waals surface area contributed by atoms with Crippen molar-refractivity contribution in [2.24, 2.45) is 0 Å². The summed E-state index contributed by atoms with van der Waals surface area (Å²) in [4.78, 5) is 11.7. The van der Waals surface area contributed by atoms with Crippen LogP contribution in [0.25, 0.3) is 0 Å². The van der Waals surface area contributed by atoms with Gasteiger partial charge in [-0.2, -0.15) is 0 Å². The second-order valence-electron chi connectivity index (χ2n) is 7.70. The lowest BCUT2D eigenvalue weighted by Gasteiger charge is -2.10. The van der Waals surface area contributed by atoms with Crippen LogP contribution in [-0.2, 0) is 9.53 Å². The first-order valence-corrected chi connectivity index (χ1v) is 11.8. The summed E-state index contributed by atoms with van der Waals surface area (Å²) in [6.07, 6.45) is 37.1. The Kier molecular flexibility index (Phi) is 16.9. The maximum atomic E-state index is 11.7. The van der Waals surface area contributed by atoms with E-state index in [1.165, 1.54) is 12.8 Å². The highest BCUT2D eigenvalue weighted by Gasteiger charge is 2.18. The molecule has 0 aliphatic heterocycles. The van der Waals surface area contributed by atoms with Gasteiger partial charge in [-0.3, -0.25) is 4.79 Å². The number of esters is 1. The molecule has 0 radical (unpaired) electrons. The maximum absolute atomic E-state index is 11.7. The quantitative estimate of drug-likeness (QED) is 0.149. The standard InChI is InChI=1S/C27H42O2/c1-2-3-4-5-6-7-8-9-10-11-12-13-14-15-16-17-18-19-20-25-27(28)29-26-23-21-22-24-26/h3-4,6-7,9-10,12-13,15-16,26H,2,5,8,11,14,17-25H2,1H3/b4-3-,7-6-,10-9-,13-12-,16-15-. The van der Waals surface area contributed by atoms with Crippen LogP contribution in [0.5, 0.6) is 0 Å². The summed E-state index contributed by atoms with van der Waals surface area (Å²) < 4.78 is 5.48. The monoisotopic (exact) mass is 398 g/mol. The lowest BCUT2D eigenvalue weighted by molar-refractivity contribution is -0.148. The summed E-state index contributed by atoms with van der Waals surface area (Å²) >= 11 is 0. The van der Waals surface area contributed by atoms with E-state index in [9.17, 15) is 4.79 Å². The van der Waals surface area contributed by atoms with Crippen molar-refractivity contribution in [1.29, 1.82) is 0 Å². The van der Waals surface area contributed by atoms with Gasteiger partial charge in [-0.05, 0) is 77.0 Å². The van der Waals surface area contributed by atoms with Gasteiger partial charge in [0.25, 0.3) is 0 Å². The van der Waals surface area contributed by atoms with Crippen LogP contribution in [0.15, 0.2) is 60.8 Å². The third kappa shape index (κ3) is 16.8. The van der Waals surface area contributed by atoms with Crippen molar-refractivity contribution in [3.8, 4) is 0 Å². The van der Waals surface area contributed by atoms with Crippen molar-refractivity contribution in [3.05, 3.63) is 60.8 Å². The molecule has 29 heavy (non-hydrogen) atoms. The lowest BCUT2D eigenvalue weighted by atomic mass is 10.1. The molecule has 0 amide bonds. The van der Waals surface area contributed by atoms with Crippen LogP contribution in [-0.4, -0.2) is 12.1 Å². The van der Waals surface area contributed by atoms with E-state index >= 15 is 0 Å². The molecule has 1 aliphatic rings. The molecule has 0 unspecified atom stereocenters. The van der Waals surface area contributed by atoms with E-state index in [0.717, 1.165) is 70.6 Å². The molecule has 1 aliphatic carbocycles. The van der Waals surface area contributed by atoms with Crippen molar-refractivity contribution >= 4 is 5.97 Å². The molecule has 1 saturated carbocycles. The normalized spacial score (nSPS) is 15.9.